The molecule has 0 amide bonds. The van der Waals surface area contributed by atoms with E-state index < -0.39 is 11.9 Å². The van der Waals surface area contributed by atoms with Gasteiger partial charge >= 0.3 is 6.08 Å². The number of oxime groups is 1. The molecule has 0 aliphatic heterocycles. The van der Waals surface area contributed by atoms with Crippen molar-refractivity contribution in [2.45, 2.75) is 49.0 Å². The van der Waals surface area contributed by atoms with E-state index in [0.717, 1.165) is 17.7 Å². The molecule has 0 N–H and O–H groups in total. The summed E-state index contributed by atoms with van der Waals surface area (Å²) in [5.41, 5.74) is 0. The van der Waals surface area contributed by atoms with E-state index in [-0.39, 0.29) is 18.3 Å². The molecule has 122 valence electrons. The smallest absolute Gasteiger partial charge is 0.301 e. The number of aromatic nitrogens is 1. The molecule has 22 heavy (non-hydrogen) atoms. The molecule has 0 bridgehead atoms. The summed E-state index contributed by atoms with van der Waals surface area (Å²) < 4.78 is 37.1. The summed E-state index contributed by atoms with van der Waals surface area (Å²) in [7, 11) is 0. The molecule has 3 nitrogen and oxygen atoms in total. The molecule has 0 radical (unpaired) electrons. The molecule has 1 aromatic rings. The SMILES string of the molecule is FC(F)=C(F)CCSc1ncc(/C=N/OC2CCCCC2)s1. The minimum absolute atomic E-state index is 0.206. The highest BCUT2D eigenvalue weighted by atomic mass is 32.2. The number of rotatable bonds is 7. The third kappa shape index (κ3) is 6.00. The van der Waals surface area contributed by atoms with Crippen LogP contribution in [0.15, 0.2) is 27.6 Å². The predicted octanol–water partition coefficient (Wildman–Crippen LogP) is 5.39. The van der Waals surface area contributed by atoms with Crippen molar-refractivity contribution in [2.24, 2.45) is 5.16 Å². The fourth-order valence-electron chi connectivity index (χ4n) is 2.06. The molecule has 1 aromatic heterocycles. The number of nitrogens with zero attached hydrogens (tertiary/aromatic N) is 2. The van der Waals surface area contributed by atoms with Gasteiger partial charge in [0.05, 0.1) is 11.1 Å². The second kappa shape index (κ2) is 9.19. The van der Waals surface area contributed by atoms with Crippen LogP contribution in [0, 0.1) is 0 Å². The molecule has 1 aliphatic carbocycles. The topological polar surface area (TPSA) is 34.5 Å². The number of thiazole rings is 1. The normalized spacial score (nSPS) is 16.1. The highest BCUT2D eigenvalue weighted by Gasteiger charge is 2.13. The van der Waals surface area contributed by atoms with Gasteiger partial charge in [-0.25, -0.2) is 9.37 Å². The molecule has 2 rings (SSSR count). The third-order valence-electron chi connectivity index (χ3n) is 3.20. The lowest BCUT2D eigenvalue weighted by Gasteiger charge is -2.18. The second-order valence-electron chi connectivity index (χ2n) is 4.89. The van der Waals surface area contributed by atoms with Crippen LogP contribution in [-0.4, -0.2) is 23.1 Å². The molecule has 1 fully saturated rings. The lowest BCUT2D eigenvalue weighted by molar-refractivity contribution is 0.0340. The standard InChI is InChI=1S/C14H17F3N2OS2/c15-12(13(16)17)6-7-21-14-18-8-11(22-14)9-19-20-10-4-2-1-3-5-10/h8-10H,1-7H2/b19-9+. The van der Waals surface area contributed by atoms with Gasteiger partial charge in [0.1, 0.15) is 10.4 Å². The maximum absolute atomic E-state index is 12.6. The van der Waals surface area contributed by atoms with Crippen LogP contribution in [0.3, 0.4) is 0 Å². The summed E-state index contributed by atoms with van der Waals surface area (Å²) in [4.78, 5) is 10.4. The number of hydrogen-bond donors (Lipinski definition) is 0. The lowest BCUT2D eigenvalue weighted by Crippen LogP contribution is -2.13. The van der Waals surface area contributed by atoms with Crippen LogP contribution < -0.4 is 0 Å². The van der Waals surface area contributed by atoms with E-state index in [0.29, 0.717) is 4.34 Å². The summed E-state index contributed by atoms with van der Waals surface area (Å²) in [5, 5.41) is 3.98. The van der Waals surface area contributed by atoms with Crippen LogP contribution in [0.1, 0.15) is 43.4 Å². The van der Waals surface area contributed by atoms with E-state index in [2.05, 4.69) is 10.1 Å². The largest absolute Gasteiger partial charge is 0.392 e. The highest BCUT2D eigenvalue weighted by Crippen LogP contribution is 2.26. The summed E-state index contributed by atoms with van der Waals surface area (Å²) in [6.07, 6.45) is 6.65. The quantitative estimate of drug-likeness (QED) is 0.376. The first-order valence-electron chi connectivity index (χ1n) is 7.12. The van der Waals surface area contributed by atoms with Crippen molar-refractivity contribution in [1.29, 1.82) is 0 Å². The van der Waals surface area contributed by atoms with Gasteiger partial charge in [-0.3, -0.25) is 0 Å². The van der Waals surface area contributed by atoms with Crippen LogP contribution in [0.2, 0.25) is 0 Å². The van der Waals surface area contributed by atoms with Gasteiger partial charge in [0.2, 0.25) is 0 Å². The first-order valence-corrected chi connectivity index (χ1v) is 8.93. The first kappa shape index (κ1) is 17.3. The summed E-state index contributed by atoms with van der Waals surface area (Å²) >= 11 is 2.62. The Bertz CT molecular complexity index is 524. The second-order valence-corrected chi connectivity index (χ2v) is 7.30. The third-order valence-corrected chi connectivity index (χ3v) is 5.29. The molecule has 0 saturated heterocycles. The van der Waals surface area contributed by atoms with Gasteiger partial charge in [0.15, 0.2) is 5.83 Å². The molecule has 0 atom stereocenters. The zero-order chi connectivity index (χ0) is 15.8. The minimum atomic E-state index is -2.24. The highest BCUT2D eigenvalue weighted by molar-refractivity contribution is 8.01. The van der Waals surface area contributed by atoms with Crippen LogP contribution >= 0.6 is 23.1 Å². The van der Waals surface area contributed by atoms with Gasteiger partial charge in [0.25, 0.3) is 0 Å². The van der Waals surface area contributed by atoms with Crippen molar-refractivity contribution in [3.8, 4) is 0 Å². The van der Waals surface area contributed by atoms with Gasteiger partial charge in [-0.05, 0) is 25.7 Å². The number of allylic oxidation sites excluding steroid dienone is 1. The number of thioether (sulfide) groups is 1. The molecule has 0 spiro atoms. The first-order chi connectivity index (χ1) is 10.6. The number of halogens is 3. The molecule has 1 aliphatic rings. The van der Waals surface area contributed by atoms with Crippen molar-refractivity contribution in [3.05, 3.63) is 23.0 Å². The molecule has 1 heterocycles. The van der Waals surface area contributed by atoms with Gasteiger partial charge in [-0.2, -0.15) is 8.78 Å². The van der Waals surface area contributed by atoms with E-state index in [1.54, 1.807) is 12.4 Å². The Morgan fingerprint density at radius 2 is 2.14 bits per heavy atom. The molecule has 8 heteroatoms. The van der Waals surface area contributed by atoms with Gasteiger partial charge in [0, 0.05) is 18.4 Å². The van der Waals surface area contributed by atoms with Crippen molar-refractivity contribution >= 4 is 29.3 Å². The van der Waals surface area contributed by atoms with Crippen molar-refractivity contribution in [2.75, 3.05) is 5.75 Å². The van der Waals surface area contributed by atoms with Crippen molar-refractivity contribution < 1.29 is 18.0 Å². The summed E-state index contributed by atoms with van der Waals surface area (Å²) in [6.45, 7) is 0. The Kier molecular flexibility index (Phi) is 7.24. The zero-order valence-electron chi connectivity index (χ0n) is 11.9. The lowest BCUT2D eigenvalue weighted by atomic mass is 9.98. The molecular weight excluding hydrogens is 333 g/mol. The van der Waals surface area contributed by atoms with E-state index in [9.17, 15) is 13.2 Å². The Morgan fingerprint density at radius 1 is 1.36 bits per heavy atom. The van der Waals surface area contributed by atoms with Crippen molar-refractivity contribution in [1.82, 2.24) is 4.98 Å². The van der Waals surface area contributed by atoms with Crippen LogP contribution in [-0.2, 0) is 4.84 Å². The van der Waals surface area contributed by atoms with Gasteiger partial charge in [-0.1, -0.05) is 23.3 Å². The fourth-order valence-corrected chi connectivity index (χ4v) is 3.92. The van der Waals surface area contributed by atoms with Gasteiger partial charge in [-0.15, -0.1) is 11.3 Å². The van der Waals surface area contributed by atoms with Gasteiger partial charge < -0.3 is 4.84 Å². The summed E-state index contributed by atoms with van der Waals surface area (Å²) in [5.74, 6) is -1.13. The van der Waals surface area contributed by atoms with Crippen LogP contribution in [0.5, 0.6) is 0 Å². The minimum Gasteiger partial charge on any atom is -0.392 e. The van der Waals surface area contributed by atoms with E-state index >= 15 is 0 Å². The molecule has 1 saturated carbocycles. The predicted molar refractivity (Wildman–Crippen MR) is 83.4 cm³/mol. The van der Waals surface area contributed by atoms with Crippen molar-refractivity contribution in [3.63, 3.8) is 0 Å². The Hall–Kier alpha value is -1.02. The molecule has 0 unspecified atom stereocenters. The Morgan fingerprint density at radius 3 is 2.86 bits per heavy atom. The molecule has 0 aromatic carbocycles. The Labute approximate surface area is 135 Å². The maximum atomic E-state index is 12.6. The van der Waals surface area contributed by atoms with Crippen LogP contribution in [0.4, 0.5) is 13.2 Å². The maximum Gasteiger partial charge on any atom is 0.301 e. The zero-order valence-corrected chi connectivity index (χ0v) is 13.6. The summed E-state index contributed by atoms with van der Waals surface area (Å²) in [6, 6.07) is 0. The van der Waals surface area contributed by atoms with E-state index in [4.69, 9.17) is 4.84 Å². The Balaban J connectivity index is 1.72. The van der Waals surface area contributed by atoms with Crippen LogP contribution in [0.25, 0.3) is 0 Å². The average molecular weight is 350 g/mol. The molecular formula is C14H17F3N2OS2. The average Bonchev–Trinajstić information content (AvgIpc) is 2.96. The van der Waals surface area contributed by atoms with E-state index in [1.165, 1.54) is 42.4 Å². The monoisotopic (exact) mass is 350 g/mol. The fraction of sp³-hybridized carbons (Fsp3) is 0.571. The number of hydrogen-bond acceptors (Lipinski definition) is 5. The van der Waals surface area contributed by atoms with E-state index in [1.807, 2.05) is 0 Å².